The average Bonchev–Trinajstić information content (AvgIpc) is 2.42. The summed E-state index contributed by atoms with van der Waals surface area (Å²) in [4.78, 5) is 31.9. The van der Waals surface area contributed by atoms with E-state index < -0.39 is 28.1 Å². The van der Waals surface area contributed by atoms with E-state index in [9.17, 15) is 19.7 Å². The minimum absolute atomic E-state index is 0.0635. The molecule has 0 fully saturated rings. The molecule has 9 nitrogen and oxygen atoms in total. The second kappa shape index (κ2) is 6.37. The molecule has 21 heavy (non-hydrogen) atoms. The van der Waals surface area contributed by atoms with E-state index in [0.29, 0.717) is 6.08 Å². The third-order valence-electron chi connectivity index (χ3n) is 2.49. The second-order valence-electron chi connectivity index (χ2n) is 3.69. The third-order valence-corrected chi connectivity index (χ3v) is 2.49. The van der Waals surface area contributed by atoms with E-state index in [1.807, 2.05) is 0 Å². The maximum absolute atomic E-state index is 11.0. The zero-order valence-corrected chi connectivity index (χ0v) is 11.0. The number of ether oxygens (including phenoxy) is 2. The van der Waals surface area contributed by atoms with Crippen molar-refractivity contribution >= 4 is 23.7 Å². The SMILES string of the molecule is COc1cc(C=C(C(=O)O)C(=O)O)c([N+](=O)[O-])cc1OC. The van der Waals surface area contributed by atoms with Crippen LogP contribution in [0, 0.1) is 10.1 Å². The van der Waals surface area contributed by atoms with Crippen molar-refractivity contribution in [1.82, 2.24) is 0 Å². The highest BCUT2D eigenvalue weighted by molar-refractivity contribution is 6.16. The van der Waals surface area contributed by atoms with Gasteiger partial charge in [-0.05, 0) is 12.1 Å². The first-order valence-electron chi connectivity index (χ1n) is 5.40. The summed E-state index contributed by atoms with van der Waals surface area (Å²) in [6.07, 6.45) is 0.685. The molecule has 0 unspecified atom stereocenters. The van der Waals surface area contributed by atoms with Crippen LogP contribution in [0.4, 0.5) is 5.69 Å². The van der Waals surface area contributed by atoms with E-state index >= 15 is 0 Å². The summed E-state index contributed by atoms with van der Waals surface area (Å²) in [5.41, 5.74) is -1.74. The summed E-state index contributed by atoms with van der Waals surface area (Å²) in [6.45, 7) is 0. The van der Waals surface area contributed by atoms with Gasteiger partial charge in [0.1, 0.15) is 5.57 Å². The smallest absolute Gasteiger partial charge is 0.343 e. The van der Waals surface area contributed by atoms with Crippen LogP contribution >= 0.6 is 0 Å². The molecule has 0 saturated carbocycles. The molecule has 0 spiro atoms. The van der Waals surface area contributed by atoms with Crippen LogP contribution in [0.15, 0.2) is 17.7 Å². The van der Waals surface area contributed by atoms with Gasteiger partial charge < -0.3 is 19.7 Å². The lowest BCUT2D eigenvalue weighted by atomic mass is 10.1. The van der Waals surface area contributed by atoms with Crippen LogP contribution in [0.3, 0.4) is 0 Å². The quantitative estimate of drug-likeness (QED) is 0.262. The van der Waals surface area contributed by atoms with Crippen molar-refractivity contribution in [3.8, 4) is 11.5 Å². The maximum Gasteiger partial charge on any atom is 0.343 e. The van der Waals surface area contributed by atoms with Crippen molar-refractivity contribution in [2.24, 2.45) is 0 Å². The normalized spacial score (nSPS) is 9.62. The van der Waals surface area contributed by atoms with Gasteiger partial charge in [-0.25, -0.2) is 9.59 Å². The van der Waals surface area contributed by atoms with Crippen molar-refractivity contribution < 1.29 is 34.2 Å². The monoisotopic (exact) mass is 297 g/mol. The molecule has 0 atom stereocenters. The first kappa shape index (κ1) is 16.0. The lowest BCUT2D eigenvalue weighted by molar-refractivity contribution is -0.385. The molecule has 0 aliphatic rings. The van der Waals surface area contributed by atoms with Crippen molar-refractivity contribution in [3.05, 3.63) is 33.4 Å². The highest BCUT2D eigenvalue weighted by atomic mass is 16.6. The van der Waals surface area contributed by atoms with E-state index in [1.54, 1.807) is 0 Å². The van der Waals surface area contributed by atoms with Crippen LogP contribution < -0.4 is 9.47 Å². The fraction of sp³-hybridized carbons (Fsp3) is 0.167. The summed E-state index contributed by atoms with van der Waals surface area (Å²) in [6, 6.07) is 2.15. The molecule has 0 heterocycles. The predicted molar refractivity (Wildman–Crippen MR) is 69.4 cm³/mol. The highest BCUT2D eigenvalue weighted by Gasteiger charge is 2.22. The summed E-state index contributed by atoms with van der Waals surface area (Å²) >= 11 is 0. The van der Waals surface area contributed by atoms with Gasteiger partial charge in [0.25, 0.3) is 5.69 Å². The number of rotatable bonds is 6. The maximum atomic E-state index is 11.0. The van der Waals surface area contributed by atoms with Crippen molar-refractivity contribution in [1.29, 1.82) is 0 Å². The summed E-state index contributed by atoms with van der Waals surface area (Å²) in [5, 5.41) is 28.6. The molecule has 112 valence electrons. The summed E-state index contributed by atoms with van der Waals surface area (Å²) in [7, 11) is 2.56. The molecule has 1 aromatic carbocycles. The molecule has 0 bridgehead atoms. The van der Waals surface area contributed by atoms with E-state index in [2.05, 4.69) is 0 Å². The Labute approximate surface area is 118 Å². The van der Waals surface area contributed by atoms with Crippen molar-refractivity contribution in [3.63, 3.8) is 0 Å². The fourth-order valence-corrected chi connectivity index (χ4v) is 1.53. The zero-order chi connectivity index (χ0) is 16.2. The molecule has 2 N–H and O–H groups in total. The lowest BCUT2D eigenvalue weighted by Gasteiger charge is -2.09. The molecule has 0 saturated heterocycles. The Kier molecular flexibility index (Phi) is 4.84. The number of nitro groups is 1. The van der Waals surface area contributed by atoms with E-state index in [0.717, 1.165) is 12.1 Å². The Morgan fingerprint density at radius 3 is 2.00 bits per heavy atom. The van der Waals surface area contributed by atoms with Gasteiger partial charge in [-0.15, -0.1) is 0 Å². The molecule has 0 aromatic heterocycles. The van der Waals surface area contributed by atoms with E-state index in [1.165, 1.54) is 14.2 Å². The largest absolute Gasteiger partial charge is 0.493 e. The molecular weight excluding hydrogens is 286 g/mol. The van der Waals surface area contributed by atoms with Gasteiger partial charge in [0, 0.05) is 0 Å². The van der Waals surface area contributed by atoms with E-state index in [4.69, 9.17) is 19.7 Å². The third kappa shape index (κ3) is 3.47. The van der Waals surface area contributed by atoms with Crippen LogP contribution in [0.1, 0.15) is 5.56 Å². The number of nitro benzene ring substituents is 1. The van der Waals surface area contributed by atoms with Crippen LogP contribution in [0.5, 0.6) is 11.5 Å². The highest BCUT2D eigenvalue weighted by Crippen LogP contribution is 2.35. The van der Waals surface area contributed by atoms with Gasteiger partial charge in [0.05, 0.1) is 30.8 Å². The van der Waals surface area contributed by atoms with Gasteiger partial charge in [-0.3, -0.25) is 10.1 Å². The Morgan fingerprint density at radius 1 is 1.14 bits per heavy atom. The topological polar surface area (TPSA) is 136 Å². The van der Waals surface area contributed by atoms with Crippen LogP contribution in [-0.2, 0) is 9.59 Å². The Balaban J connectivity index is 3.60. The number of methoxy groups -OCH3 is 2. The molecule has 0 radical (unpaired) electrons. The summed E-state index contributed by atoms with van der Waals surface area (Å²) < 4.78 is 9.84. The number of aliphatic carboxylic acids is 2. The Hall–Kier alpha value is -3.10. The Morgan fingerprint density at radius 2 is 1.62 bits per heavy atom. The predicted octanol–water partition coefficient (Wildman–Crippen LogP) is 1.16. The van der Waals surface area contributed by atoms with Crippen molar-refractivity contribution in [2.75, 3.05) is 14.2 Å². The molecule has 0 aliphatic carbocycles. The lowest BCUT2D eigenvalue weighted by Crippen LogP contribution is -2.11. The van der Waals surface area contributed by atoms with Gasteiger partial charge in [-0.1, -0.05) is 0 Å². The average molecular weight is 297 g/mol. The Bertz CT molecular complexity index is 618. The minimum atomic E-state index is -1.72. The standard InChI is InChI=1S/C12H11NO8/c1-20-9-4-6(3-7(11(14)15)12(16)17)8(13(18)19)5-10(9)21-2/h3-5H,1-2H3,(H,14,15)(H,16,17). The number of carbonyl (C=O) groups is 2. The number of nitrogens with zero attached hydrogens (tertiary/aromatic N) is 1. The molecule has 0 amide bonds. The number of carboxylic acid groups (broad SMARTS) is 2. The number of benzene rings is 1. The first-order valence-corrected chi connectivity index (χ1v) is 5.40. The number of hydrogen-bond acceptors (Lipinski definition) is 6. The van der Waals surface area contributed by atoms with Gasteiger partial charge in [0.15, 0.2) is 11.5 Å². The first-order chi connectivity index (χ1) is 9.81. The second-order valence-corrected chi connectivity index (χ2v) is 3.69. The molecule has 0 aliphatic heterocycles. The zero-order valence-electron chi connectivity index (χ0n) is 11.0. The number of hydrogen-bond donors (Lipinski definition) is 2. The minimum Gasteiger partial charge on any atom is -0.493 e. The van der Waals surface area contributed by atoms with Crippen LogP contribution in [0.25, 0.3) is 6.08 Å². The molecule has 9 heteroatoms. The number of carboxylic acids is 2. The molecule has 1 rings (SSSR count). The summed E-state index contributed by atoms with van der Waals surface area (Å²) in [5.74, 6) is -3.27. The van der Waals surface area contributed by atoms with Gasteiger partial charge >= 0.3 is 11.9 Å². The van der Waals surface area contributed by atoms with E-state index in [-0.39, 0.29) is 17.1 Å². The molecule has 1 aromatic rings. The van der Waals surface area contributed by atoms with Gasteiger partial charge in [-0.2, -0.15) is 0 Å². The van der Waals surface area contributed by atoms with Crippen LogP contribution in [-0.4, -0.2) is 41.3 Å². The van der Waals surface area contributed by atoms with Crippen LogP contribution in [0.2, 0.25) is 0 Å². The fourth-order valence-electron chi connectivity index (χ4n) is 1.53. The van der Waals surface area contributed by atoms with Gasteiger partial charge in [0.2, 0.25) is 0 Å². The van der Waals surface area contributed by atoms with Crippen molar-refractivity contribution in [2.45, 2.75) is 0 Å². The molecular formula is C12H11NO8.